The zero-order valence-electron chi connectivity index (χ0n) is 13.3. The van der Waals surface area contributed by atoms with Crippen molar-refractivity contribution in [1.82, 2.24) is 9.71 Å². The van der Waals surface area contributed by atoms with Crippen LogP contribution in [0.25, 0.3) is 10.4 Å². The van der Waals surface area contributed by atoms with E-state index in [0.29, 0.717) is 5.02 Å². The van der Waals surface area contributed by atoms with Crippen LogP contribution < -0.4 is 9.46 Å². The maximum atomic E-state index is 12.6. The number of sulfonamides is 1. The third kappa shape index (κ3) is 4.19. The average molecular weight is 395 g/mol. The lowest BCUT2D eigenvalue weighted by atomic mass is 10.2. The number of ether oxygens (including phenoxy) is 1. The quantitative estimate of drug-likeness (QED) is 0.687. The van der Waals surface area contributed by atoms with Gasteiger partial charge in [-0.3, -0.25) is 4.98 Å². The molecule has 0 saturated carbocycles. The Kier molecular flexibility index (Phi) is 5.39. The predicted octanol–water partition coefficient (Wildman–Crippen LogP) is 3.95. The van der Waals surface area contributed by atoms with Crippen LogP contribution in [0.15, 0.2) is 59.1 Å². The number of aromatic nitrogens is 1. The summed E-state index contributed by atoms with van der Waals surface area (Å²) >= 11 is 7.52. The minimum absolute atomic E-state index is 0.00451. The molecule has 0 bridgehead atoms. The maximum Gasteiger partial charge on any atom is 0.244 e. The predicted molar refractivity (Wildman–Crippen MR) is 99.6 cm³/mol. The molecule has 0 atom stereocenters. The Morgan fingerprint density at radius 1 is 1.24 bits per heavy atom. The van der Waals surface area contributed by atoms with Crippen molar-refractivity contribution < 1.29 is 13.2 Å². The van der Waals surface area contributed by atoms with Crippen LogP contribution in [-0.2, 0) is 16.6 Å². The fraction of sp³-hybridized carbons (Fsp3) is 0.118. The Hall–Kier alpha value is -1.93. The largest absolute Gasteiger partial charge is 0.495 e. The zero-order valence-corrected chi connectivity index (χ0v) is 15.7. The Balaban J connectivity index is 1.81. The molecule has 130 valence electrons. The highest BCUT2D eigenvalue weighted by Gasteiger charge is 2.20. The van der Waals surface area contributed by atoms with Crippen LogP contribution in [0.2, 0.25) is 5.02 Å². The van der Waals surface area contributed by atoms with Crippen LogP contribution >= 0.6 is 22.9 Å². The zero-order chi connectivity index (χ0) is 17.9. The van der Waals surface area contributed by atoms with Crippen LogP contribution in [0.3, 0.4) is 0 Å². The molecule has 5 nitrogen and oxygen atoms in total. The molecule has 1 aromatic carbocycles. The Morgan fingerprint density at radius 2 is 2.08 bits per heavy atom. The number of pyridine rings is 1. The van der Waals surface area contributed by atoms with E-state index >= 15 is 0 Å². The van der Waals surface area contributed by atoms with Gasteiger partial charge in [-0.25, -0.2) is 13.1 Å². The molecule has 0 radical (unpaired) electrons. The van der Waals surface area contributed by atoms with Gasteiger partial charge in [-0.2, -0.15) is 0 Å². The minimum Gasteiger partial charge on any atom is -0.495 e. The van der Waals surface area contributed by atoms with Crippen molar-refractivity contribution in [2.75, 3.05) is 7.11 Å². The monoisotopic (exact) mass is 394 g/mol. The normalized spacial score (nSPS) is 11.4. The van der Waals surface area contributed by atoms with E-state index in [-0.39, 0.29) is 17.2 Å². The highest BCUT2D eigenvalue weighted by atomic mass is 35.5. The summed E-state index contributed by atoms with van der Waals surface area (Å²) in [6.07, 6.45) is 3.39. The third-order valence-corrected chi connectivity index (χ3v) is 6.06. The Bertz CT molecular complexity index is 973. The standard InChI is InChI=1S/C17H15ClN2O3S2/c1-23-15-5-4-14(18)8-17(15)25(21,22)20-10-12-7-13(11-19-9-12)16-3-2-6-24-16/h2-9,11,20H,10H2,1H3. The smallest absolute Gasteiger partial charge is 0.244 e. The van der Waals surface area contributed by atoms with Crippen molar-refractivity contribution in [2.24, 2.45) is 0 Å². The van der Waals surface area contributed by atoms with E-state index in [1.165, 1.54) is 19.2 Å². The van der Waals surface area contributed by atoms with Crippen LogP contribution in [-0.4, -0.2) is 20.5 Å². The summed E-state index contributed by atoms with van der Waals surface area (Å²) in [6, 6.07) is 10.3. The lowest BCUT2D eigenvalue weighted by Crippen LogP contribution is -2.23. The first kappa shape index (κ1) is 17.9. The lowest BCUT2D eigenvalue weighted by Gasteiger charge is -2.11. The van der Waals surface area contributed by atoms with Gasteiger partial charge in [-0.15, -0.1) is 11.3 Å². The molecule has 0 amide bonds. The minimum atomic E-state index is -3.77. The number of thiophene rings is 1. The number of hydrogen-bond donors (Lipinski definition) is 1. The second-order valence-electron chi connectivity index (χ2n) is 5.18. The van der Waals surface area contributed by atoms with Crippen LogP contribution in [0.4, 0.5) is 0 Å². The SMILES string of the molecule is COc1ccc(Cl)cc1S(=O)(=O)NCc1cncc(-c2cccs2)c1. The van der Waals surface area contributed by atoms with Crippen LogP contribution in [0.1, 0.15) is 5.56 Å². The molecule has 0 saturated heterocycles. The summed E-state index contributed by atoms with van der Waals surface area (Å²) in [5.41, 5.74) is 1.71. The number of rotatable bonds is 6. The Labute approximate surface area is 155 Å². The van der Waals surface area contributed by atoms with Crippen molar-refractivity contribution in [3.05, 3.63) is 64.8 Å². The molecule has 0 aliphatic carbocycles. The number of halogens is 1. The number of hydrogen-bond acceptors (Lipinski definition) is 5. The van der Waals surface area contributed by atoms with Gasteiger partial charge in [0, 0.05) is 34.4 Å². The molecule has 0 unspecified atom stereocenters. The molecule has 3 rings (SSSR count). The van der Waals surface area contributed by atoms with Crippen LogP contribution in [0, 0.1) is 0 Å². The lowest BCUT2D eigenvalue weighted by molar-refractivity contribution is 0.402. The fourth-order valence-electron chi connectivity index (χ4n) is 2.28. The molecule has 1 N–H and O–H groups in total. The highest BCUT2D eigenvalue weighted by molar-refractivity contribution is 7.89. The van der Waals surface area contributed by atoms with Crippen molar-refractivity contribution >= 4 is 33.0 Å². The fourth-order valence-corrected chi connectivity index (χ4v) is 4.43. The van der Waals surface area contributed by atoms with E-state index in [1.54, 1.807) is 29.8 Å². The summed E-state index contributed by atoms with van der Waals surface area (Å²) < 4.78 is 32.8. The Morgan fingerprint density at radius 3 is 2.80 bits per heavy atom. The van der Waals surface area contributed by atoms with Gasteiger partial charge in [0.05, 0.1) is 7.11 Å². The summed E-state index contributed by atoms with van der Waals surface area (Å²) in [4.78, 5) is 5.27. The van der Waals surface area contributed by atoms with Crippen molar-refractivity contribution in [3.8, 4) is 16.2 Å². The molecular formula is C17H15ClN2O3S2. The molecule has 25 heavy (non-hydrogen) atoms. The second kappa shape index (κ2) is 7.53. The van der Waals surface area contributed by atoms with E-state index in [2.05, 4.69) is 9.71 Å². The van der Waals surface area contributed by atoms with Crippen molar-refractivity contribution in [3.63, 3.8) is 0 Å². The molecule has 2 heterocycles. The molecule has 0 spiro atoms. The van der Waals surface area contributed by atoms with Gasteiger partial charge < -0.3 is 4.74 Å². The van der Waals surface area contributed by atoms with Gasteiger partial charge in [0.15, 0.2) is 0 Å². The summed E-state index contributed by atoms with van der Waals surface area (Å²) in [6.45, 7) is 0.115. The first-order valence-electron chi connectivity index (χ1n) is 7.30. The highest BCUT2D eigenvalue weighted by Crippen LogP contribution is 2.27. The molecule has 0 fully saturated rings. The first-order chi connectivity index (χ1) is 12.0. The number of nitrogens with one attached hydrogen (secondary N) is 1. The first-order valence-corrected chi connectivity index (χ1v) is 10.0. The van der Waals surface area contributed by atoms with Gasteiger partial charge >= 0.3 is 0 Å². The van der Waals surface area contributed by atoms with E-state index in [0.717, 1.165) is 16.0 Å². The summed E-state index contributed by atoms with van der Waals surface area (Å²) in [5.74, 6) is 0.238. The summed E-state index contributed by atoms with van der Waals surface area (Å²) in [5, 5.41) is 2.30. The number of nitrogens with zero attached hydrogens (tertiary/aromatic N) is 1. The van der Waals surface area contributed by atoms with Gasteiger partial charge in [-0.05, 0) is 41.3 Å². The topological polar surface area (TPSA) is 68.3 Å². The molecule has 8 heteroatoms. The average Bonchev–Trinajstić information content (AvgIpc) is 3.15. The van der Waals surface area contributed by atoms with Crippen molar-refractivity contribution in [2.45, 2.75) is 11.4 Å². The van der Waals surface area contributed by atoms with E-state index < -0.39 is 10.0 Å². The van der Waals surface area contributed by atoms with Gasteiger partial charge in [0.25, 0.3) is 0 Å². The summed E-state index contributed by atoms with van der Waals surface area (Å²) in [7, 11) is -2.36. The molecule has 3 aromatic rings. The van der Waals surface area contributed by atoms with Gasteiger partial charge in [0.2, 0.25) is 10.0 Å². The van der Waals surface area contributed by atoms with Crippen molar-refractivity contribution in [1.29, 1.82) is 0 Å². The number of methoxy groups -OCH3 is 1. The second-order valence-corrected chi connectivity index (χ2v) is 8.30. The molecular weight excluding hydrogens is 380 g/mol. The van der Waals surface area contributed by atoms with Gasteiger partial charge in [-0.1, -0.05) is 17.7 Å². The van der Waals surface area contributed by atoms with Gasteiger partial charge in [0.1, 0.15) is 10.6 Å². The molecule has 0 aliphatic heterocycles. The number of benzene rings is 1. The maximum absolute atomic E-state index is 12.6. The van der Waals surface area contributed by atoms with Crippen LogP contribution in [0.5, 0.6) is 5.75 Å². The van der Waals surface area contributed by atoms with E-state index in [1.807, 2.05) is 23.6 Å². The van der Waals surface area contributed by atoms with E-state index in [4.69, 9.17) is 16.3 Å². The van der Waals surface area contributed by atoms with E-state index in [9.17, 15) is 8.42 Å². The molecule has 0 aliphatic rings. The molecule has 2 aromatic heterocycles. The third-order valence-electron chi connectivity index (χ3n) is 3.48.